The van der Waals surface area contributed by atoms with E-state index in [1.165, 1.54) is 4.31 Å². The third-order valence-corrected chi connectivity index (χ3v) is 5.38. The molecule has 0 aromatic rings. The van der Waals surface area contributed by atoms with Gasteiger partial charge >= 0.3 is 0 Å². The third kappa shape index (κ3) is 4.74. The highest BCUT2D eigenvalue weighted by molar-refractivity contribution is 7.89. The molecule has 0 aliphatic carbocycles. The molecule has 1 heterocycles. The number of piperidine rings is 1. The van der Waals surface area contributed by atoms with Crippen molar-refractivity contribution < 1.29 is 13.2 Å². The Morgan fingerprint density at radius 3 is 2.42 bits per heavy atom. The molecule has 1 aliphatic heterocycles. The standard InChI is InChI=1S/C12H25N3O3S/c1-3-5-11(13)12(16)14-10-6-8-15(9-7-10)19(17,18)4-2/h10-11H,3-9,13H2,1-2H3,(H,14,16)/t11-/m0/s1. The number of hydrogen-bond donors (Lipinski definition) is 2. The first-order valence-corrected chi connectivity index (χ1v) is 8.55. The molecule has 7 heteroatoms. The number of carbonyl (C=O) groups excluding carboxylic acids is 1. The maximum absolute atomic E-state index is 11.8. The first-order valence-electron chi connectivity index (χ1n) is 6.94. The minimum Gasteiger partial charge on any atom is -0.352 e. The van der Waals surface area contributed by atoms with Crippen LogP contribution in [-0.4, -0.2) is 49.6 Å². The molecule has 6 nitrogen and oxygen atoms in total. The van der Waals surface area contributed by atoms with Gasteiger partial charge in [-0.1, -0.05) is 13.3 Å². The van der Waals surface area contributed by atoms with Gasteiger partial charge in [0.1, 0.15) is 0 Å². The molecule has 0 radical (unpaired) electrons. The summed E-state index contributed by atoms with van der Waals surface area (Å²) in [7, 11) is -3.10. The second kappa shape index (κ2) is 7.21. The average Bonchev–Trinajstić information content (AvgIpc) is 2.39. The number of hydrogen-bond acceptors (Lipinski definition) is 4. The molecule has 1 amide bonds. The fourth-order valence-corrected chi connectivity index (χ4v) is 3.34. The summed E-state index contributed by atoms with van der Waals surface area (Å²) in [4.78, 5) is 11.8. The monoisotopic (exact) mass is 291 g/mol. The van der Waals surface area contributed by atoms with Gasteiger partial charge in [-0.15, -0.1) is 0 Å². The van der Waals surface area contributed by atoms with Crippen molar-refractivity contribution in [3.05, 3.63) is 0 Å². The first-order chi connectivity index (χ1) is 8.90. The maximum atomic E-state index is 11.8. The van der Waals surface area contributed by atoms with Crippen molar-refractivity contribution >= 4 is 15.9 Å². The second-order valence-electron chi connectivity index (χ2n) is 4.98. The van der Waals surface area contributed by atoms with Gasteiger partial charge in [-0.2, -0.15) is 0 Å². The summed E-state index contributed by atoms with van der Waals surface area (Å²) in [6.45, 7) is 4.59. The summed E-state index contributed by atoms with van der Waals surface area (Å²) in [5.41, 5.74) is 5.74. The van der Waals surface area contributed by atoms with Crippen molar-refractivity contribution in [2.75, 3.05) is 18.8 Å². The van der Waals surface area contributed by atoms with Crippen LogP contribution < -0.4 is 11.1 Å². The number of rotatable bonds is 6. The molecule has 0 aromatic carbocycles. The third-order valence-electron chi connectivity index (χ3n) is 3.49. The van der Waals surface area contributed by atoms with Crippen LogP contribution in [0.1, 0.15) is 39.5 Å². The van der Waals surface area contributed by atoms with Crippen molar-refractivity contribution in [2.45, 2.75) is 51.6 Å². The summed E-state index contributed by atoms with van der Waals surface area (Å²) < 4.78 is 24.9. The molecule has 3 N–H and O–H groups in total. The van der Waals surface area contributed by atoms with Gasteiger partial charge in [0.05, 0.1) is 11.8 Å². The van der Waals surface area contributed by atoms with Crippen LogP contribution in [0.3, 0.4) is 0 Å². The molecular weight excluding hydrogens is 266 g/mol. The van der Waals surface area contributed by atoms with Crippen LogP contribution in [0.4, 0.5) is 0 Å². The summed E-state index contributed by atoms with van der Waals surface area (Å²) >= 11 is 0. The van der Waals surface area contributed by atoms with Gasteiger partial charge in [-0.3, -0.25) is 4.79 Å². The SMILES string of the molecule is CCC[C@H](N)C(=O)NC1CCN(S(=O)(=O)CC)CC1. The van der Waals surface area contributed by atoms with E-state index in [-0.39, 0.29) is 17.7 Å². The Bertz CT molecular complexity index is 389. The van der Waals surface area contributed by atoms with Crippen LogP contribution in [0.15, 0.2) is 0 Å². The molecule has 0 saturated carbocycles. The Labute approximate surface area is 115 Å². The second-order valence-corrected chi connectivity index (χ2v) is 7.24. The van der Waals surface area contributed by atoms with E-state index in [0.717, 1.165) is 6.42 Å². The zero-order chi connectivity index (χ0) is 14.5. The van der Waals surface area contributed by atoms with Crippen molar-refractivity contribution in [1.82, 2.24) is 9.62 Å². The van der Waals surface area contributed by atoms with Gasteiger partial charge in [0, 0.05) is 19.1 Å². The minimum atomic E-state index is -3.10. The van der Waals surface area contributed by atoms with Gasteiger partial charge in [0.15, 0.2) is 0 Å². The molecule has 0 unspecified atom stereocenters. The number of nitrogens with one attached hydrogen (secondary N) is 1. The largest absolute Gasteiger partial charge is 0.352 e. The molecule has 0 spiro atoms. The van der Waals surface area contributed by atoms with E-state index in [4.69, 9.17) is 5.73 Å². The Kier molecular flexibility index (Phi) is 6.22. The highest BCUT2D eigenvalue weighted by atomic mass is 32.2. The molecule has 0 aromatic heterocycles. The zero-order valence-electron chi connectivity index (χ0n) is 11.8. The summed E-state index contributed by atoms with van der Waals surface area (Å²) in [6, 6.07) is -0.416. The Morgan fingerprint density at radius 2 is 1.95 bits per heavy atom. The van der Waals surface area contributed by atoms with Crippen LogP contribution in [0.5, 0.6) is 0 Å². The zero-order valence-corrected chi connectivity index (χ0v) is 12.6. The molecular formula is C12H25N3O3S. The van der Waals surface area contributed by atoms with E-state index < -0.39 is 16.1 Å². The molecule has 1 saturated heterocycles. The lowest BCUT2D eigenvalue weighted by atomic mass is 10.1. The number of carbonyl (C=O) groups is 1. The highest BCUT2D eigenvalue weighted by Crippen LogP contribution is 2.14. The normalized spacial score (nSPS) is 20.2. The van der Waals surface area contributed by atoms with E-state index in [9.17, 15) is 13.2 Å². The van der Waals surface area contributed by atoms with Crippen LogP contribution >= 0.6 is 0 Å². The quantitative estimate of drug-likeness (QED) is 0.723. The van der Waals surface area contributed by atoms with Gasteiger partial charge < -0.3 is 11.1 Å². The minimum absolute atomic E-state index is 0.0405. The summed E-state index contributed by atoms with van der Waals surface area (Å²) in [5.74, 6) is 0.00411. The lowest BCUT2D eigenvalue weighted by Crippen LogP contribution is -2.50. The van der Waals surface area contributed by atoms with Gasteiger partial charge in [0.2, 0.25) is 15.9 Å². The molecule has 1 fully saturated rings. The molecule has 19 heavy (non-hydrogen) atoms. The molecule has 1 aliphatic rings. The average molecular weight is 291 g/mol. The topological polar surface area (TPSA) is 92.5 Å². The highest BCUT2D eigenvalue weighted by Gasteiger charge is 2.28. The van der Waals surface area contributed by atoms with Crippen molar-refractivity contribution in [3.63, 3.8) is 0 Å². The van der Waals surface area contributed by atoms with Crippen molar-refractivity contribution in [3.8, 4) is 0 Å². The Balaban J connectivity index is 2.41. The molecule has 112 valence electrons. The lowest BCUT2D eigenvalue weighted by Gasteiger charge is -2.31. The number of nitrogens with zero attached hydrogens (tertiary/aromatic N) is 1. The summed E-state index contributed by atoms with van der Waals surface area (Å²) in [6.07, 6.45) is 2.87. The molecule has 1 rings (SSSR count). The first kappa shape index (κ1) is 16.4. The number of amides is 1. The van der Waals surface area contributed by atoms with Crippen molar-refractivity contribution in [2.24, 2.45) is 5.73 Å². The maximum Gasteiger partial charge on any atom is 0.237 e. The number of nitrogens with two attached hydrogens (primary N) is 1. The van der Waals surface area contributed by atoms with Gasteiger partial charge in [-0.05, 0) is 26.2 Å². The fourth-order valence-electron chi connectivity index (χ4n) is 2.21. The van der Waals surface area contributed by atoms with E-state index in [1.807, 2.05) is 6.92 Å². The molecule has 1 atom stereocenters. The Morgan fingerprint density at radius 1 is 1.37 bits per heavy atom. The summed E-state index contributed by atoms with van der Waals surface area (Å²) in [5, 5.41) is 2.91. The van der Waals surface area contributed by atoms with E-state index >= 15 is 0 Å². The Hall–Kier alpha value is -0.660. The lowest BCUT2D eigenvalue weighted by molar-refractivity contribution is -0.123. The number of sulfonamides is 1. The van der Waals surface area contributed by atoms with Gasteiger partial charge in [0.25, 0.3) is 0 Å². The van der Waals surface area contributed by atoms with E-state index in [0.29, 0.717) is 32.4 Å². The van der Waals surface area contributed by atoms with Crippen molar-refractivity contribution in [1.29, 1.82) is 0 Å². The van der Waals surface area contributed by atoms with Crippen LogP contribution in [0.2, 0.25) is 0 Å². The van der Waals surface area contributed by atoms with Crippen LogP contribution in [0.25, 0.3) is 0 Å². The van der Waals surface area contributed by atoms with Crippen LogP contribution in [0, 0.1) is 0 Å². The van der Waals surface area contributed by atoms with Crippen LogP contribution in [-0.2, 0) is 14.8 Å². The van der Waals surface area contributed by atoms with Gasteiger partial charge in [-0.25, -0.2) is 12.7 Å². The predicted octanol–water partition coefficient (Wildman–Crippen LogP) is 0.0441. The fraction of sp³-hybridized carbons (Fsp3) is 0.917. The molecule has 0 bridgehead atoms. The predicted molar refractivity (Wildman–Crippen MR) is 75.1 cm³/mol. The van der Waals surface area contributed by atoms with E-state index in [2.05, 4.69) is 5.32 Å². The smallest absolute Gasteiger partial charge is 0.237 e. The van der Waals surface area contributed by atoms with E-state index in [1.54, 1.807) is 6.92 Å².